The van der Waals surface area contributed by atoms with E-state index in [9.17, 15) is 9.59 Å². The second-order valence-corrected chi connectivity index (χ2v) is 11.9. The number of fused-ring (bicyclic) bond motifs is 6. The fourth-order valence-corrected chi connectivity index (χ4v) is 6.09. The Bertz CT molecular complexity index is 1810. The molecule has 0 N–H and O–H groups in total. The van der Waals surface area contributed by atoms with Crippen molar-refractivity contribution < 1.29 is 28.5 Å². The summed E-state index contributed by atoms with van der Waals surface area (Å²) in [6.45, 7) is 9.80. The number of benzene rings is 2. The summed E-state index contributed by atoms with van der Waals surface area (Å²) in [6, 6.07) is 15.1. The first-order valence-corrected chi connectivity index (χ1v) is 15.6. The summed E-state index contributed by atoms with van der Waals surface area (Å²) in [5.74, 6) is 0.674. The Morgan fingerprint density at radius 1 is 1.09 bits per heavy atom. The molecule has 0 spiro atoms. The third-order valence-corrected chi connectivity index (χ3v) is 8.62. The highest BCUT2D eigenvalue weighted by Crippen LogP contribution is 2.37. The van der Waals surface area contributed by atoms with Crippen LogP contribution in [-0.4, -0.2) is 78.0 Å². The average molecular weight is 626 g/mol. The smallest absolute Gasteiger partial charge is 0.337 e. The number of ether oxygens (including phenoxy) is 4. The van der Waals surface area contributed by atoms with Gasteiger partial charge in [0.2, 0.25) is 0 Å². The first-order valence-electron chi connectivity index (χ1n) is 15.6. The van der Waals surface area contributed by atoms with Crippen molar-refractivity contribution in [1.82, 2.24) is 14.6 Å². The first kappa shape index (κ1) is 31.2. The van der Waals surface area contributed by atoms with Gasteiger partial charge in [-0.2, -0.15) is 9.61 Å². The van der Waals surface area contributed by atoms with Crippen LogP contribution in [0, 0.1) is 6.92 Å². The van der Waals surface area contributed by atoms with Crippen LogP contribution in [0.4, 0.5) is 5.82 Å². The molecule has 0 saturated carbocycles. The van der Waals surface area contributed by atoms with Gasteiger partial charge in [0.1, 0.15) is 11.6 Å². The van der Waals surface area contributed by atoms with Gasteiger partial charge in [-0.25, -0.2) is 9.78 Å². The van der Waals surface area contributed by atoms with Crippen molar-refractivity contribution in [3.63, 3.8) is 0 Å². The van der Waals surface area contributed by atoms with Gasteiger partial charge in [0, 0.05) is 47.8 Å². The number of hydrogen-bond donors (Lipinski definition) is 0. The monoisotopic (exact) mass is 625 g/mol. The van der Waals surface area contributed by atoms with Crippen LogP contribution in [0.3, 0.4) is 0 Å². The maximum Gasteiger partial charge on any atom is 0.337 e. The molecule has 1 unspecified atom stereocenters. The summed E-state index contributed by atoms with van der Waals surface area (Å²) >= 11 is 0. The number of hydrogen-bond acceptors (Lipinski definition) is 10. The van der Waals surface area contributed by atoms with Gasteiger partial charge >= 0.3 is 11.9 Å². The molecule has 46 heavy (non-hydrogen) atoms. The third-order valence-electron chi connectivity index (χ3n) is 8.62. The van der Waals surface area contributed by atoms with Gasteiger partial charge in [0.15, 0.2) is 11.9 Å². The zero-order chi connectivity index (χ0) is 32.4. The van der Waals surface area contributed by atoms with E-state index < -0.39 is 12.2 Å². The molecule has 3 aliphatic heterocycles. The van der Waals surface area contributed by atoms with E-state index in [0.29, 0.717) is 48.8 Å². The third kappa shape index (κ3) is 6.32. The summed E-state index contributed by atoms with van der Waals surface area (Å²) in [5, 5.41) is 5.06. The molecular formula is C35H39N5O6. The number of esters is 2. The van der Waals surface area contributed by atoms with E-state index in [1.807, 2.05) is 48.7 Å². The fraction of sp³-hybridized carbons (Fsp3) is 0.400. The lowest BCUT2D eigenvalue weighted by molar-refractivity contribution is -0.142. The summed E-state index contributed by atoms with van der Waals surface area (Å²) in [4.78, 5) is 37.0. The molecule has 3 aliphatic rings. The van der Waals surface area contributed by atoms with Crippen LogP contribution in [0.2, 0.25) is 0 Å². The number of anilines is 1. The summed E-state index contributed by atoms with van der Waals surface area (Å²) < 4.78 is 24.8. The van der Waals surface area contributed by atoms with Crippen molar-refractivity contribution in [3.05, 3.63) is 65.4 Å². The van der Waals surface area contributed by atoms with E-state index in [2.05, 4.69) is 16.8 Å². The number of aryl methyl sites for hydroxylation is 1. The highest BCUT2D eigenvalue weighted by Gasteiger charge is 2.33. The van der Waals surface area contributed by atoms with Gasteiger partial charge in [0.05, 0.1) is 43.6 Å². The number of methoxy groups -OCH3 is 1. The molecule has 240 valence electrons. The van der Waals surface area contributed by atoms with Crippen molar-refractivity contribution in [2.45, 2.75) is 58.8 Å². The SMILES string of the molecule is CCOC(=O)Cc1c(C)nc2cc3nn2c1N1CCC(C)(CC1)OC/C=N/C(C)Oc1ccc(C(=O)OC)cc1-c1cccc-3c1. The molecule has 1 atom stereocenters. The maximum absolute atomic E-state index is 12.8. The van der Waals surface area contributed by atoms with Gasteiger partial charge in [-0.15, -0.1) is 0 Å². The van der Waals surface area contributed by atoms with E-state index in [-0.39, 0.29) is 18.0 Å². The summed E-state index contributed by atoms with van der Waals surface area (Å²) in [7, 11) is 1.36. The number of carbonyl (C=O) groups excluding carboxylic acids is 2. The first-order chi connectivity index (χ1) is 22.2. The van der Waals surface area contributed by atoms with Crippen LogP contribution >= 0.6 is 0 Å². The molecule has 0 amide bonds. The Morgan fingerprint density at radius 3 is 2.63 bits per heavy atom. The van der Waals surface area contributed by atoms with Crippen LogP contribution < -0.4 is 9.64 Å². The predicted octanol–water partition coefficient (Wildman–Crippen LogP) is 5.45. The lowest BCUT2D eigenvalue weighted by atomic mass is 9.93. The van der Waals surface area contributed by atoms with Crippen molar-refractivity contribution in [1.29, 1.82) is 0 Å². The van der Waals surface area contributed by atoms with E-state index in [4.69, 9.17) is 29.0 Å². The van der Waals surface area contributed by atoms with Crippen molar-refractivity contribution >= 4 is 29.6 Å². The number of carbonyl (C=O) groups is 2. The standard InChI is InChI=1S/C35H39N5O6/c1-6-44-32(41)20-27-22(2)37-31-21-29-25-9-7-8-24(18-25)28-19-26(34(42)43-5)10-11-30(28)46-23(3)36-14-17-45-35(4)12-15-39(16-13-35)33(27)40(31)38-29/h7-11,14,18-19,21,23H,6,12-13,15-17,20H2,1-5H3/b36-14+. The Labute approximate surface area is 268 Å². The summed E-state index contributed by atoms with van der Waals surface area (Å²) in [6.07, 6.45) is 2.91. The van der Waals surface area contributed by atoms with Gasteiger partial charge in [-0.1, -0.05) is 18.2 Å². The van der Waals surface area contributed by atoms with Gasteiger partial charge in [0.25, 0.3) is 0 Å². The second-order valence-electron chi connectivity index (χ2n) is 11.9. The van der Waals surface area contributed by atoms with E-state index >= 15 is 0 Å². The van der Waals surface area contributed by atoms with Crippen molar-refractivity contribution in [3.8, 4) is 28.1 Å². The van der Waals surface area contributed by atoms with Crippen molar-refractivity contribution in [2.24, 2.45) is 4.99 Å². The van der Waals surface area contributed by atoms with Crippen LogP contribution in [0.25, 0.3) is 28.0 Å². The Kier molecular flexibility index (Phi) is 8.77. The van der Waals surface area contributed by atoms with Gasteiger partial charge in [-0.05, 0) is 70.4 Å². The highest BCUT2D eigenvalue weighted by molar-refractivity contribution is 5.92. The zero-order valence-corrected chi connectivity index (χ0v) is 26.9. The second kappa shape index (κ2) is 12.9. The highest BCUT2D eigenvalue weighted by atomic mass is 16.5. The summed E-state index contributed by atoms with van der Waals surface area (Å²) in [5.41, 5.74) is 5.42. The molecule has 2 aromatic heterocycles. The number of piperidine rings is 1. The molecule has 2 aromatic carbocycles. The quantitative estimate of drug-likeness (QED) is 0.273. The molecule has 1 fully saturated rings. The van der Waals surface area contributed by atoms with Crippen LogP contribution in [0.5, 0.6) is 5.75 Å². The normalized spacial score (nSPS) is 20.3. The lowest BCUT2D eigenvalue weighted by Gasteiger charge is -2.40. The molecule has 6 bridgehead atoms. The fourth-order valence-electron chi connectivity index (χ4n) is 6.09. The Balaban J connectivity index is 1.52. The van der Waals surface area contributed by atoms with Crippen LogP contribution in [0.1, 0.15) is 55.2 Å². The molecule has 0 radical (unpaired) electrons. The molecule has 11 heteroatoms. The topological polar surface area (TPSA) is 117 Å². The number of nitrogens with zero attached hydrogens (tertiary/aromatic N) is 5. The lowest BCUT2D eigenvalue weighted by Crippen LogP contribution is -2.45. The molecule has 11 nitrogen and oxygen atoms in total. The van der Waals surface area contributed by atoms with Crippen LogP contribution in [0.15, 0.2) is 53.5 Å². The molecular weight excluding hydrogens is 586 g/mol. The molecule has 1 saturated heterocycles. The number of aliphatic imine (C=N–C) groups is 1. The largest absolute Gasteiger partial charge is 0.468 e. The maximum atomic E-state index is 12.8. The minimum atomic E-state index is -0.492. The zero-order valence-electron chi connectivity index (χ0n) is 26.9. The molecule has 0 aliphatic carbocycles. The predicted molar refractivity (Wildman–Crippen MR) is 175 cm³/mol. The number of aromatic nitrogens is 3. The minimum Gasteiger partial charge on any atom is -0.468 e. The van der Waals surface area contributed by atoms with E-state index in [0.717, 1.165) is 46.7 Å². The van der Waals surface area contributed by atoms with Gasteiger partial charge < -0.3 is 23.8 Å². The van der Waals surface area contributed by atoms with Crippen LogP contribution in [-0.2, 0) is 25.4 Å². The molecule has 5 heterocycles. The van der Waals surface area contributed by atoms with Gasteiger partial charge in [-0.3, -0.25) is 9.79 Å². The van der Waals surface area contributed by atoms with E-state index in [1.165, 1.54) is 7.11 Å². The number of rotatable bonds is 4. The molecule has 4 aromatic rings. The Morgan fingerprint density at radius 2 is 1.87 bits per heavy atom. The minimum absolute atomic E-state index is 0.0981. The van der Waals surface area contributed by atoms with E-state index in [1.54, 1.807) is 31.3 Å². The molecule has 7 rings (SSSR count). The van der Waals surface area contributed by atoms with Crippen molar-refractivity contribution in [2.75, 3.05) is 38.3 Å². The average Bonchev–Trinajstić information content (AvgIpc) is 3.47. The Hall–Kier alpha value is -4.77.